The van der Waals surface area contributed by atoms with E-state index in [1.54, 1.807) is 17.5 Å². The Morgan fingerprint density at radius 2 is 1.85 bits per heavy atom. The Labute approximate surface area is 160 Å². The van der Waals surface area contributed by atoms with Crippen LogP contribution in [-0.2, 0) is 4.79 Å². The van der Waals surface area contributed by atoms with Crippen molar-refractivity contribution in [1.29, 1.82) is 0 Å². The number of aldehydes is 1. The highest BCUT2D eigenvalue weighted by atomic mass is 32.1. The van der Waals surface area contributed by atoms with Crippen molar-refractivity contribution in [3.8, 4) is 0 Å². The van der Waals surface area contributed by atoms with Crippen LogP contribution in [0.2, 0.25) is 0 Å². The zero-order valence-electron chi connectivity index (χ0n) is 14.6. The van der Waals surface area contributed by atoms with E-state index in [9.17, 15) is 4.79 Å². The number of benzene rings is 2. The first-order valence-corrected chi connectivity index (χ1v) is 9.52. The normalized spacial score (nSPS) is 16.0. The predicted octanol–water partition coefficient (Wildman–Crippen LogP) is 4.81. The highest BCUT2D eigenvalue weighted by Crippen LogP contribution is 2.47. The molecule has 3 heterocycles. The summed E-state index contributed by atoms with van der Waals surface area (Å²) in [6.45, 7) is 2.04. The standard InChI is InChI=1S/C21H16N4OS/c1-14-8-9-22-11-19(14)25-18-5-3-2-4-17(18)24(21(25)12-26)15-6-7-16-20(10-15)27-13-23-16/h2-13,21H,1H3. The number of anilines is 4. The number of nitrogens with zero attached hydrogens (tertiary/aromatic N) is 4. The van der Waals surface area contributed by atoms with E-state index < -0.39 is 6.17 Å². The zero-order chi connectivity index (χ0) is 18.4. The van der Waals surface area contributed by atoms with Crippen molar-refractivity contribution in [2.45, 2.75) is 13.1 Å². The second kappa shape index (κ2) is 6.17. The Balaban J connectivity index is 1.72. The fourth-order valence-corrected chi connectivity index (χ4v) is 4.37. The SMILES string of the molecule is Cc1ccncc1N1c2ccccc2N(c2ccc3ncsc3c2)C1C=O. The summed E-state index contributed by atoms with van der Waals surface area (Å²) in [6.07, 6.45) is 4.10. The lowest BCUT2D eigenvalue weighted by Crippen LogP contribution is -2.39. The third-order valence-electron chi connectivity index (χ3n) is 4.92. The summed E-state index contributed by atoms with van der Waals surface area (Å²) in [4.78, 5) is 25.0. The number of carbonyl (C=O) groups excluding carboxylic acids is 1. The quantitative estimate of drug-likeness (QED) is 0.483. The van der Waals surface area contributed by atoms with Crippen LogP contribution in [0.1, 0.15) is 5.56 Å². The molecule has 0 N–H and O–H groups in total. The first-order chi connectivity index (χ1) is 13.3. The maximum absolute atomic E-state index is 12.3. The summed E-state index contributed by atoms with van der Waals surface area (Å²) in [6, 6.07) is 16.2. The van der Waals surface area contributed by atoms with Gasteiger partial charge in [-0.25, -0.2) is 4.98 Å². The number of aryl methyl sites for hydroxylation is 1. The third kappa shape index (κ3) is 2.41. The van der Waals surface area contributed by atoms with Crippen molar-refractivity contribution in [2.24, 2.45) is 0 Å². The number of aromatic nitrogens is 2. The van der Waals surface area contributed by atoms with Crippen LogP contribution in [0.3, 0.4) is 0 Å². The molecule has 4 aromatic rings. The molecule has 0 saturated carbocycles. The molecular weight excluding hydrogens is 356 g/mol. The molecule has 27 heavy (non-hydrogen) atoms. The number of rotatable bonds is 3. The minimum absolute atomic E-state index is 0.476. The van der Waals surface area contributed by atoms with Gasteiger partial charge in [-0.3, -0.25) is 9.78 Å². The highest BCUT2D eigenvalue weighted by molar-refractivity contribution is 7.16. The van der Waals surface area contributed by atoms with Gasteiger partial charge < -0.3 is 9.80 Å². The van der Waals surface area contributed by atoms with Crippen molar-refractivity contribution < 1.29 is 4.79 Å². The Morgan fingerprint density at radius 1 is 1.04 bits per heavy atom. The van der Waals surface area contributed by atoms with E-state index in [2.05, 4.69) is 31.9 Å². The van der Waals surface area contributed by atoms with Gasteiger partial charge in [0.1, 0.15) is 0 Å². The van der Waals surface area contributed by atoms with E-state index in [1.165, 1.54) is 0 Å². The molecular formula is C21H16N4OS. The summed E-state index contributed by atoms with van der Waals surface area (Å²) in [5.41, 5.74) is 7.79. The average molecular weight is 372 g/mol. The molecule has 2 aromatic heterocycles. The Bertz CT molecular complexity index is 1160. The zero-order valence-corrected chi connectivity index (χ0v) is 15.4. The molecule has 1 unspecified atom stereocenters. The Kier molecular flexibility index (Phi) is 3.65. The number of carbonyl (C=O) groups is 1. The monoisotopic (exact) mass is 372 g/mol. The van der Waals surface area contributed by atoms with Crippen molar-refractivity contribution in [3.05, 3.63) is 72.0 Å². The number of para-hydroxylation sites is 2. The average Bonchev–Trinajstić information content (AvgIpc) is 3.29. The molecule has 1 aliphatic rings. The van der Waals surface area contributed by atoms with Crippen LogP contribution in [0.4, 0.5) is 22.7 Å². The second-order valence-corrected chi connectivity index (χ2v) is 7.33. The van der Waals surface area contributed by atoms with Crippen molar-refractivity contribution in [2.75, 3.05) is 9.80 Å². The summed E-state index contributed by atoms with van der Waals surface area (Å²) < 4.78 is 1.10. The fraction of sp³-hybridized carbons (Fsp3) is 0.0952. The maximum Gasteiger partial charge on any atom is 0.168 e. The first kappa shape index (κ1) is 16.0. The molecule has 5 nitrogen and oxygen atoms in total. The third-order valence-corrected chi connectivity index (χ3v) is 5.71. The van der Waals surface area contributed by atoms with Crippen molar-refractivity contribution in [3.63, 3.8) is 0 Å². The summed E-state index contributed by atoms with van der Waals surface area (Å²) in [5, 5.41) is 0. The van der Waals surface area contributed by atoms with Crippen LogP contribution in [-0.4, -0.2) is 22.4 Å². The van der Waals surface area contributed by atoms with Gasteiger partial charge in [0.15, 0.2) is 12.5 Å². The van der Waals surface area contributed by atoms with Gasteiger partial charge in [0, 0.05) is 11.9 Å². The van der Waals surface area contributed by atoms with Crippen molar-refractivity contribution >= 4 is 50.6 Å². The molecule has 0 bridgehead atoms. The van der Waals surface area contributed by atoms with E-state index in [0.717, 1.165) is 44.8 Å². The van der Waals surface area contributed by atoms with Crippen LogP contribution < -0.4 is 9.80 Å². The second-order valence-electron chi connectivity index (χ2n) is 6.44. The number of hydrogen-bond donors (Lipinski definition) is 0. The van der Waals surface area contributed by atoms with E-state index in [-0.39, 0.29) is 0 Å². The molecule has 132 valence electrons. The van der Waals surface area contributed by atoms with Gasteiger partial charge in [0.2, 0.25) is 0 Å². The number of hydrogen-bond acceptors (Lipinski definition) is 6. The van der Waals surface area contributed by atoms with Gasteiger partial charge in [-0.05, 0) is 48.9 Å². The number of thiazole rings is 1. The molecule has 0 radical (unpaired) electrons. The molecule has 0 amide bonds. The molecule has 2 aromatic carbocycles. The van der Waals surface area contributed by atoms with E-state index in [1.807, 2.05) is 55.0 Å². The van der Waals surface area contributed by atoms with Crippen molar-refractivity contribution in [1.82, 2.24) is 9.97 Å². The summed E-state index contributed by atoms with van der Waals surface area (Å²) in [7, 11) is 0. The van der Waals surface area contributed by atoms with E-state index >= 15 is 0 Å². The molecule has 6 heteroatoms. The number of fused-ring (bicyclic) bond motifs is 2. The molecule has 0 fully saturated rings. The molecule has 0 spiro atoms. The summed E-state index contributed by atoms with van der Waals surface area (Å²) in [5.74, 6) is 0. The first-order valence-electron chi connectivity index (χ1n) is 8.64. The van der Waals surface area contributed by atoms with Gasteiger partial charge in [0.25, 0.3) is 0 Å². The molecule has 5 rings (SSSR count). The molecule has 1 atom stereocenters. The molecule has 0 saturated heterocycles. The predicted molar refractivity (Wildman–Crippen MR) is 109 cm³/mol. The van der Waals surface area contributed by atoms with Crippen LogP contribution in [0, 0.1) is 6.92 Å². The Morgan fingerprint density at radius 3 is 2.63 bits per heavy atom. The highest BCUT2D eigenvalue weighted by Gasteiger charge is 2.38. The topological polar surface area (TPSA) is 49.3 Å². The van der Waals surface area contributed by atoms with Crippen LogP contribution in [0.15, 0.2) is 66.4 Å². The molecule has 0 aliphatic carbocycles. The van der Waals surface area contributed by atoms with Crippen LogP contribution >= 0.6 is 11.3 Å². The molecule has 1 aliphatic heterocycles. The minimum Gasteiger partial charge on any atom is -0.312 e. The Hall–Kier alpha value is -3.25. The summed E-state index contributed by atoms with van der Waals surface area (Å²) >= 11 is 1.60. The minimum atomic E-state index is -0.476. The fourth-order valence-electron chi connectivity index (χ4n) is 3.66. The van der Waals surface area contributed by atoms with Gasteiger partial charge in [0.05, 0.1) is 39.0 Å². The number of pyridine rings is 1. The van der Waals surface area contributed by atoms with Crippen LogP contribution in [0.5, 0.6) is 0 Å². The van der Waals surface area contributed by atoms with Gasteiger partial charge in [-0.1, -0.05) is 12.1 Å². The lowest BCUT2D eigenvalue weighted by atomic mass is 10.2. The lowest BCUT2D eigenvalue weighted by Gasteiger charge is -2.29. The van der Waals surface area contributed by atoms with E-state index in [4.69, 9.17) is 0 Å². The van der Waals surface area contributed by atoms with Gasteiger partial charge in [-0.15, -0.1) is 11.3 Å². The maximum atomic E-state index is 12.3. The largest absolute Gasteiger partial charge is 0.312 e. The van der Waals surface area contributed by atoms with Crippen LogP contribution in [0.25, 0.3) is 10.2 Å². The van der Waals surface area contributed by atoms with E-state index in [0.29, 0.717) is 0 Å². The lowest BCUT2D eigenvalue weighted by molar-refractivity contribution is -0.108. The smallest absolute Gasteiger partial charge is 0.168 e. The van der Waals surface area contributed by atoms with Gasteiger partial charge >= 0.3 is 0 Å². The van der Waals surface area contributed by atoms with Gasteiger partial charge in [-0.2, -0.15) is 0 Å².